The highest BCUT2D eigenvalue weighted by Crippen LogP contribution is 2.24. The zero-order chi connectivity index (χ0) is 22.5. The zero-order valence-corrected chi connectivity index (χ0v) is 18.2. The van der Waals surface area contributed by atoms with Crippen LogP contribution < -0.4 is 19.5 Å². The number of hydrogen-bond donors (Lipinski definition) is 2. The Morgan fingerprint density at radius 2 is 1.77 bits per heavy atom. The summed E-state index contributed by atoms with van der Waals surface area (Å²) in [6.45, 7) is 0. The molecule has 0 saturated heterocycles. The molecule has 12 nitrogen and oxygen atoms in total. The van der Waals surface area contributed by atoms with E-state index in [9.17, 15) is 21.6 Å². The molecule has 2 rings (SSSR count). The second-order valence-electron chi connectivity index (χ2n) is 5.98. The molecule has 30 heavy (non-hydrogen) atoms. The number of aromatic nitrogens is 2. The molecule has 1 aromatic heterocycles. The third-order valence-corrected chi connectivity index (χ3v) is 6.96. The van der Waals surface area contributed by atoms with Crippen molar-refractivity contribution in [3.8, 4) is 11.6 Å². The molecule has 0 fully saturated rings. The Labute approximate surface area is 174 Å². The van der Waals surface area contributed by atoms with E-state index in [0.717, 1.165) is 4.31 Å². The topological polar surface area (TPSA) is 157 Å². The van der Waals surface area contributed by atoms with E-state index in [1.807, 2.05) is 0 Å². The summed E-state index contributed by atoms with van der Waals surface area (Å²) in [4.78, 5) is 19.5. The van der Waals surface area contributed by atoms with Gasteiger partial charge in [0.1, 0.15) is 0 Å². The zero-order valence-electron chi connectivity index (χ0n) is 16.6. The van der Waals surface area contributed by atoms with Gasteiger partial charge in [0.15, 0.2) is 5.75 Å². The second kappa shape index (κ2) is 9.23. The molecule has 14 heteroatoms. The van der Waals surface area contributed by atoms with Gasteiger partial charge in [-0.2, -0.15) is 4.98 Å². The lowest BCUT2D eigenvalue weighted by molar-refractivity contribution is 0.256. The largest absolute Gasteiger partial charge is 0.490 e. The van der Waals surface area contributed by atoms with E-state index in [1.54, 1.807) is 4.72 Å². The van der Waals surface area contributed by atoms with Gasteiger partial charge in [-0.05, 0) is 11.6 Å². The molecule has 1 aromatic carbocycles. The third kappa shape index (κ3) is 5.55. The number of methoxy groups -OCH3 is 2. The first-order chi connectivity index (χ1) is 14.0. The quantitative estimate of drug-likeness (QED) is 0.570. The number of nitrogens with one attached hydrogen (secondary N) is 2. The van der Waals surface area contributed by atoms with Gasteiger partial charge in [-0.15, -0.1) is 0 Å². The fourth-order valence-electron chi connectivity index (χ4n) is 2.22. The summed E-state index contributed by atoms with van der Waals surface area (Å²) < 4.78 is 62.4. The molecular weight excluding hydrogens is 438 g/mol. The highest BCUT2D eigenvalue weighted by molar-refractivity contribution is 7.90. The Bertz CT molecular complexity index is 1130. The molecule has 2 amide bonds. The number of sulfonamides is 2. The SMILES string of the molecule is COc1cnc(NC(=O)NS(=O)(=O)c2ccccc2CS(=O)(=O)N(C)C)nc1OC. The minimum atomic E-state index is -4.39. The number of carbonyl (C=O) groups is 1. The van der Waals surface area contributed by atoms with E-state index in [-0.39, 0.29) is 28.0 Å². The summed E-state index contributed by atoms with van der Waals surface area (Å²) in [6.07, 6.45) is 1.23. The lowest BCUT2D eigenvalue weighted by atomic mass is 10.2. The van der Waals surface area contributed by atoms with Crippen LogP contribution in [0.2, 0.25) is 0 Å². The lowest BCUT2D eigenvalue weighted by Crippen LogP contribution is -2.35. The van der Waals surface area contributed by atoms with Crippen molar-refractivity contribution in [2.24, 2.45) is 0 Å². The van der Waals surface area contributed by atoms with Crippen molar-refractivity contribution in [3.63, 3.8) is 0 Å². The Morgan fingerprint density at radius 1 is 1.10 bits per heavy atom. The van der Waals surface area contributed by atoms with Crippen LogP contribution in [0.3, 0.4) is 0 Å². The fraction of sp³-hybridized carbons (Fsp3) is 0.312. The minimum absolute atomic E-state index is 0.00821. The molecule has 164 valence electrons. The molecule has 2 aromatic rings. The number of rotatable bonds is 8. The second-order valence-corrected chi connectivity index (χ2v) is 9.81. The van der Waals surface area contributed by atoms with Crippen LogP contribution in [-0.2, 0) is 25.8 Å². The van der Waals surface area contributed by atoms with Crippen LogP contribution in [0.25, 0.3) is 0 Å². The molecule has 0 aliphatic heterocycles. The van der Waals surface area contributed by atoms with Crippen molar-refractivity contribution in [3.05, 3.63) is 36.0 Å². The average molecular weight is 460 g/mol. The Balaban J connectivity index is 2.24. The van der Waals surface area contributed by atoms with Gasteiger partial charge in [0.2, 0.25) is 16.0 Å². The summed E-state index contributed by atoms with van der Waals surface area (Å²) in [7, 11) is -2.75. The number of urea groups is 1. The molecule has 1 heterocycles. The van der Waals surface area contributed by atoms with Crippen molar-refractivity contribution < 1.29 is 31.1 Å². The maximum absolute atomic E-state index is 12.7. The van der Waals surface area contributed by atoms with Crippen LogP contribution in [0.1, 0.15) is 5.56 Å². The maximum atomic E-state index is 12.7. The van der Waals surface area contributed by atoms with Crippen molar-refractivity contribution in [1.29, 1.82) is 0 Å². The molecule has 2 N–H and O–H groups in total. The number of hydrogen-bond acceptors (Lipinski definition) is 9. The van der Waals surface area contributed by atoms with Gasteiger partial charge in [0, 0.05) is 14.1 Å². The highest BCUT2D eigenvalue weighted by Gasteiger charge is 2.25. The lowest BCUT2D eigenvalue weighted by Gasteiger charge is -2.15. The maximum Gasteiger partial charge on any atom is 0.335 e. The standard InChI is InChI=1S/C16H21N5O7S2/c1-21(2)29(23,24)10-11-7-5-6-8-13(11)30(25,26)20-16(22)19-15-17-9-12(27-3)14(18-15)28-4/h5-9H,10H2,1-4H3,(H2,17,18,19,20,22). The van der Waals surface area contributed by atoms with Crippen molar-refractivity contribution in [2.75, 3.05) is 33.6 Å². The number of amides is 2. The molecule has 0 aliphatic carbocycles. The smallest absolute Gasteiger partial charge is 0.335 e. The Hall–Kier alpha value is -2.97. The van der Waals surface area contributed by atoms with Crippen molar-refractivity contribution in [1.82, 2.24) is 19.0 Å². The normalized spacial score (nSPS) is 11.8. The fourth-order valence-corrected chi connectivity index (χ4v) is 4.36. The van der Waals surface area contributed by atoms with E-state index in [1.165, 1.54) is 58.8 Å². The third-order valence-electron chi connectivity index (χ3n) is 3.74. The summed E-state index contributed by atoms with van der Waals surface area (Å²) in [6, 6.07) is 4.31. The molecule has 0 aliphatic rings. The molecule has 0 atom stereocenters. The molecular formula is C16H21N5O7S2. The van der Waals surface area contributed by atoms with E-state index in [2.05, 4.69) is 15.3 Å². The number of anilines is 1. The summed E-state index contributed by atoms with van der Waals surface area (Å²) >= 11 is 0. The summed E-state index contributed by atoms with van der Waals surface area (Å²) in [5.74, 6) is -0.543. The monoisotopic (exact) mass is 459 g/mol. The predicted octanol–water partition coefficient (Wildman–Crippen LogP) is 0.396. The first kappa shape index (κ1) is 23.3. The van der Waals surface area contributed by atoms with E-state index in [4.69, 9.17) is 9.47 Å². The van der Waals surface area contributed by atoms with Crippen LogP contribution in [0.15, 0.2) is 35.4 Å². The average Bonchev–Trinajstić information content (AvgIpc) is 2.67. The van der Waals surface area contributed by atoms with Gasteiger partial charge in [-0.1, -0.05) is 18.2 Å². The summed E-state index contributed by atoms with van der Waals surface area (Å²) in [5.41, 5.74) is 0.00821. The predicted molar refractivity (Wildman–Crippen MR) is 107 cm³/mol. The van der Waals surface area contributed by atoms with Crippen LogP contribution >= 0.6 is 0 Å². The number of ether oxygens (including phenoxy) is 2. The molecule has 0 unspecified atom stereocenters. The first-order valence-electron chi connectivity index (χ1n) is 8.27. The molecule has 0 bridgehead atoms. The molecule has 0 radical (unpaired) electrons. The van der Waals surface area contributed by atoms with Crippen LogP contribution in [0.5, 0.6) is 11.6 Å². The number of carbonyl (C=O) groups excluding carboxylic acids is 1. The van der Waals surface area contributed by atoms with Crippen LogP contribution in [0.4, 0.5) is 10.7 Å². The van der Waals surface area contributed by atoms with Gasteiger partial charge in [0.25, 0.3) is 15.9 Å². The number of nitrogens with zero attached hydrogens (tertiary/aromatic N) is 3. The van der Waals surface area contributed by atoms with Crippen molar-refractivity contribution >= 4 is 32.0 Å². The Kier molecular flexibility index (Phi) is 7.17. The first-order valence-corrected chi connectivity index (χ1v) is 11.4. The van der Waals surface area contributed by atoms with E-state index in [0.29, 0.717) is 0 Å². The van der Waals surface area contributed by atoms with Gasteiger partial charge in [-0.25, -0.2) is 35.6 Å². The van der Waals surface area contributed by atoms with Crippen LogP contribution in [0, 0.1) is 0 Å². The van der Waals surface area contributed by atoms with Gasteiger partial charge < -0.3 is 9.47 Å². The molecule has 0 saturated carbocycles. The Morgan fingerprint density at radius 3 is 2.37 bits per heavy atom. The number of benzene rings is 1. The van der Waals surface area contributed by atoms with Gasteiger partial charge in [-0.3, -0.25) is 5.32 Å². The molecule has 0 spiro atoms. The highest BCUT2D eigenvalue weighted by atomic mass is 32.2. The minimum Gasteiger partial charge on any atom is -0.490 e. The van der Waals surface area contributed by atoms with Crippen LogP contribution in [-0.4, -0.2) is 65.5 Å². The van der Waals surface area contributed by atoms with Crippen molar-refractivity contribution in [2.45, 2.75) is 10.6 Å². The summed E-state index contributed by atoms with van der Waals surface area (Å²) in [5, 5.41) is 2.17. The van der Waals surface area contributed by atoms with E-state index < -0.39 is 31.8 Å². The van der Waals surface area contributed by atoms with Gasteiger partial charge in [0.05, 0.1) is 31.1 Å². The van der Waals surface area contributed by atoms with Gasteiger partial charge >= 0.3 is 6.03 Å². The van der Waals surface area contributed by atoms with E-state index >= 15 is 0 Å².